The van der Waals surface area contributed by atoms with Gasteiger partial charge in [0.1, 0.15) is 0 Å². The van der Waals surface area contributed by atoms with Crippen LogP contribution in [0.4, 0.5) is 0 Å². The van der Waals surface area contributed by atoms with Crippen LogP contribution in [0.5, 0.6) is 0 Å². The lowest BCUT2D eigenvalue weighted by Crippen LogP contribution is -1.90. The van der Waals surface area contributed by atoms with E-state index in [2.05, 4.69) is 83.6 Å². The van der Waals surface area contributed by atoms with Crippen molar-refractivity contribution in [3.8, 4) is 68.3 Å². The normalized spacial score (nSPS) is 11.8. The molecule has 8 aromatic rings. The van der Waals surface area contributed by atoms with E-state index < -0.39 is 0 Å². The first kappa shape index (κ1) is 55.7. The van der Waals surface area contributed by atoms with Gasteiger partial charge in [0.25, 0.3) is 0 Å². The minimum absolute atomic E-state index is 0.849. The molecule has 0 saturated heterocycles. The van der Waals surface area contributed by atoms with E-state index in [0.29, 0.717) is 0 Å². The van der Waals surface area contributed by atoms with Crippen LogP contribution in [-0.2, 0) is 44.6 Å². The highest BCUT2D eigenvalue weighted by Gasteiger charge is 2.21. The smallest absolute Gasteiger partial charge is 0.0481 e. The van der Waals surface area contributed by atoms with Crippen LogP contribution in [0.1, 0.15) is 125 Å². The number of thiophene rings is 8. The van der Waals surface area contributed by atoms with Gasteiger partial charge in [-0.1, -0.05) is 51.4 Å². The van der Waals surface area contributed by atoms with E-state index in [1.54, 1.807) is 14.2 Å². The number of methoxy groups -OCH3 is 4. The predicted octanol–water partition coefficient (Wildman–Crippen LogP) is 20.8. The van der Waals surface area contributed by atoms with Crippen molar-refractivity contribution in [3.63, 3.8) is 0 Å². The molecular formula is C60H74O4S8. The molecule has 0 radical (unpaired) electrons. The number of hydrogen-bond donors (Lipinski definition) is 0. The minimum atomic E-state index is 0.849. The van der Waals surface area contributed by atoms with Crippen LogP contribution in [-0.4, -0.2) is 54.9 Å². The maximum Gasteiger partial charge on any atom is 0.0481 e. The summed E-state index contributed by atoms with van der Waals surface area (Å²) in [6.07, 6.45) is 23.9. The van der Waals surface area contributed by atoms with Crippen molar-refractivity contribution in [3.05, 3.63) is 106 Å². The van der Waals surface area contributed by atoms with Gasteiger partial charge in [0, 0.05) is 123 Å². The van der Waals surface area contributed by atoms with E-state index in [9.17, 15) is 0 Å². The minimum Gasteiger partial charge on any atom is -0.385 e. The quantitative estimate of drug-likeness (QED) is 0.0371. The molecule has 0 fully saturated rings. The first-order chi connectivity index (χ1) is 35.6. The summed E-state index contributed by atoms with van der Waals surface area (Å²) in [6, 6.07) is 28.8. The van der Waals surface area contributed by atoms with Crippen LogP contribution in [0.25, 0.3) is 68.3 Å². The third-order valence-electron chi connectivity index (χ3n) is 13.3. The summed E-state index contributed by atoms with van der Waals surface area (Å²) in [6.45, 7) is 3.44. The Balaban J connectivity index is 1.02. The van der Waals surface area contributed by atoms with Crippen molar-refractivity contribution in [1.82, 2.24) is 0 Å². The Morgan fingerprint density at radius 2 is 0.542 bits per heavy atom. The highest BCUT2D eigenvalue weighted by Crippen LogP contribution is 2.50. The van der Waals surface area contributed by atoms with Gasteiger partial charge < -0.3 is 18.9 Å². The average molecular weight is 1120 g/mol. The molecule has 0 aliphatic heterocycles. The molecule has 12 heteroatoms. The van der Waals surface area contributed by atoms with Crippen LogP contribution >= 0.6 is 90.7 Å². The lowest BCUT2D eigenvalue weighted by Gasteiger charge is -2.03. The number of hydrogen-bond acceptors (Lipinski definition) is 12. The predicted molar refractivity (Wildman–Crippen MR) is 324 cm³/mol. The molecule has 0 spiro atoms. The van der Waals surface area contributed by atoms with Crippen molar-refractivity contribution in [2.75, 3.05) is 54.9 Å². The zero-order valence-electron chi connectivity index (χ0n) is 43.0. The fraction of sp³-hybridized carbons (Fsp3) is 0.467. The molecule has 0 amide bonds. The SMILES string of the molecule is COCCCCCCc1ccsc1-c1ccc(-c2ccc(-c3sc(-c4cc(CCCCCCOC)c(-c5ccc(-c6ccc(-c7sccc7CCCCCCOC)s6)s5)s4)cc3CCCCCCOC)s2)s1. The number of rotatable bonds is 35. The monoisotopic (exact) mass is 1110 g/mol. The third kappa shape index (κ3) is 15.8. The molecule has 0 aliphatic rings. The van der Waals surface area contributed by atoms with Crippen LogP contribution in [0.2, 0.25) is 0 Å². The lowest BCUT2D eigenvalue weighted by molar-refractivity contribution is 0.192. The van der Waals surface area contributed by atoms with Crippen molar-refractivity contribution in [2.24, 2.45) is 0 Å². The van der Waals surface area contributed by atoms with Gasteiger partial charge in [0.05, 0.1) is 0 Å². The molecule has 8 aromatic heterocycles. The molecular weight excluding hydrogens is 1040 g/mol. The van der Waals surface area contributed by atoms with E-state index >= 15 is 0 Å². The van der Waals surface area contributed by atoms with Crippen LogP contribution in [0.3, 0.4) is 0 Å². The van der Waals surface area contributed by atoms with Crippen molar-refractivity contribution >= 4 is 90.7 Å². The van der Waals surface area contributed by atoms with Crippen molar-refractivity contribution in [2.45, 2.75) is 128 Å². The summed E-state index contributed by atoms with van der Waals surface area (Å²) < 4.78 is 21.3. The van der Waals surface area contributed by atoms with Gasteiger partial charge in [0.15, 0.2) is 0 Å². The summed E-state index contributed by atoms with van der Waals surface area (Å²) in [7, 11) is 7.23. The average Bonchev–Trinajstić information content (AvgIpc) is 4.24. The molecule has 0 unspecified atom stereocenters. The van der Waals surface area contributed by atoms with Crippen LogP contribution in [0.15, 0.2) is 83.6 Å². The summed E-state index contributed by atoms with van der Waals surface area (Å²) in [5, 5.41) is 4.56. The van der Waals surface area contributed by atoms with Gasteiger partial charge in [-0.15, -0.1) is 90.7 Å². The largest absolute Gasteiger partial charge is 0.385 e. The summed E-state index contributed by atoms with van der Waals surface area (Å²) in [5.74, 6) is 0. The Bertz CT molecular complexity index is 2580. The van der Waals surface area contributed by atoms with Gasteiger partial charge in [-0.3, -0.25) is 0 Å². The van der Waals surface area contributed by atoms with E-state index in [1.807, 2.05) is 105 Å². The molecule has 386 valence electrons. The van der Waals surface area contributed by atoms with E-state index in [4.69, 9.17) is 18.9 Å². The highest BCUT2D eigenvalue weighted by molar-refractivity contribution is 7.31. The standard InChI is InChI=1S/C60H74O4S8/c1-61-35-17-9-5-13-21-43-33-39-65-57(43)51-29-25-47(67-51)49-27-31-53(69-49)59-45(23-15-7-11-19-37-63-3)41-55(71-59)56-42-46(24-16-8-12-20-38-64-4)60(72-56)54-32-28-50(70-54)48-26-30-52(68-48)58-44(34-40-66-58)22-14-6-10-18-36-62-2/h25-34,39-42H,5-24,35-38H2,1-4H3. The Kier molecular flexibility index (Phi) is 23.4. The van der Waals surface area contributed by atoms with Crippen molar-refractivity contribution in [1.29, 1.82) is 0 Å². The maximum absolute atomic E-state index is 5.38. The molecule has 0 N–H and O–H groups in total. The molecule has 8 rings (SSSR count). The van der Waals surface area contributed by atoms with E-state index in [0.717, 1.165) is 77.8 Å². The highest BCUT2D eigenvalue weighted by atomic mass is 32.1. The summed E-state index contributed by atoms with van der Waals surface area (Å²) >= 11 is 15.7. The zero-order valence-corrected chi connectivity index (χ0v) is 49.5. The Labute approximate surface area is 463 Å². The maximum atomic E-state index is 5.38. The third-order valence-corrected chi connectivity index (χ3v) is 23.3. The number of ether oxygens (including phenoxy) is 4. The molecule has 0 bridgehead atoms. The van der Waals surface area contributed by atoms with Crippen LogP contribution < -0.4 is 0 Å². The molecule has 72 heavy (non-hydrogen) atoms. The van der Waals surface area contributed by atoms with Gasteiger partial charge in [-0.05, 0) is 183 Å². The van der Waals surface area contributed by atoms with E-state index in [-0.39, 0.29) is 0 Å². The molecule has 0 aliphatic carbocycles. The summed E-state index contributed by atoms with van der Waals surface area (Å²) in [5.41, 5.74) is 6.01. The Morgan fingerprint density at radius 3 is 0.861 bits per heavy atom. The first-order valence-electron chi connectivity index (χ1n) is 26.3. The van der Waals surface area contributed by atoms with Gasteiger partial charge in [-0.2, -0.15) is 0 Å². The topological polar surface area (TPSA) is 36.9 Å². The molecule has 0 saturated carbocycles. The fourth-order valence-corrected chi connectivity index (χ4v) is 18.6. The Morgan fingerprint density at radius 1 is 0.264 bits per heavy atom. The molecule has 0 aromatic carbocycles. The lowest BCUT2D eigenvalue weighted by atomic mass is 10.0. The second kappa shape index (κ2) is 30.3. The zero-order chi connectivity index (χ0) is 49.7. The Hall–Kier alpha value is -2.56. The molecule has 4 nitrogen and oxygen atoms in total. The second-order valence-electron chi connectivity index (χ2n) is 18.8. The van der Waals surface area contributed by atoms with Crippen molar-refractivity contribution < 1.29 is 18.9 Å². The fourth-order valence-electron chi connectivity index (χ4n) is 9.42. The number of aryl methyl sites for hydroxylation is 4. The summed E-state index contributed by atoms with van der Waals surface area (Å²) in [4.78, 5) is 19.7. The van der Waals surface area contributed by atoms with Gasteiger partial charge >= 0.3 is 0 Å². The number of unbranched alkanes of at least 4 members (excludes halogenated alkanes) is 12. The second-order valence-corrected chi connectivity index (χ2v) is 27.0. The first-order valence-corrected chi connectivity index (χ1v) is 33.0. The van der Waals surface area contributed by atoms with Gasteiger partial charge in [0.2, 0.25) is 0 Å². The van der Waals surface area contributed by atoms with Gasteiger partial charge in [-0.25, -0.2) is 0 Å². The molecule has 0 atom stereocenters. The van der Waals surface area contributed by atoms with E-state index in [1.165, 1.54) is 168 Å². The van der Waals surface area contributed by atoms with Crippen LogP contribution in [0, 0.1) is 0 Å². The molecule has 8 heterocycles.